The lowest BCUT2D eigenvalue weighted by atomic mass is 9.91. The number of nitrogens with two attached hydrogens (primary N) is 1. The van der Waals surface area contributed by atoms with Crippen LogP contribution in [0, 0.1) is 0 Å². The highest BCUT2D eigenvalue weighted by molar-refractivity contribution is 9.10. The number of amides is 1. The molecule has 1 fully saturated rings. The summed E-state index contributed by atoms with van der Waals surface area (Å²) >= 11 is 3.31. The number of nitrogen functional groups attached to an aromatic ring is 1. The van der Waals surface area contributed by atoms with Crippen LogP contribution in [0.2, 0.25) is 0 Å². The lowest BCUT2D eigenvalue weighted by Gasteiger charge is -2.37. The van der Waals surface area contributed by atoms with Crippen molar-refractivity contribution in [3.63, 3.8) is 0 Å². The van der Waals surface area contributed by atoms with E-state index in [9.17, 15) is 4.79 Å². The van der Waals surface area contributed by atoms with Gasteiger partial charge in [0.1, 0.15) is 0 Å². The first kappa shape index (κ1) is 13.4. The van der Waals surface area contributed by atoms with Gasteiger partial charge < -0.3 is 15.7 Å². The van der Waals surface area contributed by atoms with Crippen LogP contribution in [-0.2, 0) is 0 Å². The summed E-state index contributed by atoms with van der Waals surface area (Å²) in [5.74, 6) is -0.0482. The first-order chi connectivity index (χ1) is 8.63. The molecule has 1 saturated carbocycles. The molecule has 1 amide bonds. The van der Waals surface area contributed by atoms with E-state index >= 15 is 0 Å². The highest BCUT2D eigenvalue weighted by Crippen LogP contribution is 2.27. The lowest BCUT2D eigenvalue weighted by Crippen LogP contribution is -2.45. The van der Waals surface area contributed by atoms with Gasteiger partial charge in [0.25, 0.3) is 5.91 Å². The smallest absolute Gasteiger partial charge is 0.254 e. The number of carbonyl (C=O) groups excluding carboxylic acids is 1. The Morgan fingerprint density at radius 2 is 2.22 bits per heavy atom. The van der Waals surface area contributed by atoms with E-state index in [4.69, 9.17) is 10.8 Å². The number of carbonyl (C=O) groups is 1. The molecule has 0 atom stereocenters. The summed E-state index contributed by atoms with van der Waals surface area (Å²) in [6.07, 6.45) is 3.21. The number of rotatable bonds is 4. The molecule has 3 N–H and O–H groups in total. The van der Waals surface area contributed by atoms with E-state index < -0.39 is 0 Å². The molecule has 4 nitrogen and oxygen atoms in total. The summed E-state index contributed by atoms with van der Waals surface area (Å²) in [6, 6.07) is 5.48. The van der Waals surface area contributed by atoms with Gasteiger partial charge >= 0.3 is 0 Å². The van der Waals surface area contributed by atoms with Crippen molar-refractivity contribution in [1.29, 1.82) is 0 Å². The van der Waals surface area contributed by atoms with Gasteiger partial charge in [0.05, 0.1) is 6.61 Å². The molecule has 0 aliphatic heterocycles. The van der Waals surface area contributed by atoms with Gasteiger partial charge in [-0.1, -0.05) is 0 Å². The minimum absolute atomic E-state index is 0.00570. The van der Waals surface area contributed by atoms with E-state index in [1.807, 2.05) is 0 Å². The molecule has 1 aliphatic rings. The quantitative estimate of drug-likeness (QED) is 0.836. The number of aliphatic hydroxyl groups excluding tert-OH is 1. The van der Waals surface area contributed by atoms with Crippen molar-refractivity contribution in [3.8, 4) is 0 Å². The molecule has 1 aromatic carbocycles. The maximum atomic E-state index is 12.4. The van der Waals surface area contributed by atoms with Crippen molar-refractivity contribution in [1.82, 2.24) is 4.90 Å². The molecule has 0 unspecified atom stereocenters. The Labute approximate surface area is 115 Å². The number of anilines is 1. The molecular formula is C13H17BrN2O2. The maximum absolute atomic E-state index is 12.4. The fraction of sp³-hybridized carbons (Fsp3) is 0.462. The van der Waals surface area contributed by atoms with Crippen LogP contribution in [0.1, 0.15) is 29.6 Å². The van der Waals surface area contributed by atoms with Crippen LogP contribution < -0.4 is 5.73 Å². The predicted molar refractivity (Wildman–Crippen MR) is 74.3 cm³/mol. The van der Waals surface area contributed by atoms with E-state index in [0.29, 0.717) is 17.8 Å². The Hall–Kier alpha value is -1.07. The minimum atomic E-state index is -0.0482. The molecular weight excluding hydrogens is 296 g/mol. The normalized spacial score (nSPS) is 15.2. The van der Waals surface area contributed by atoms with Gasteiger partial charge in [0, 0.05) is 28.3 Å². The standard InChI is InChI=1S/C13H17BrN2O2/c14-11-5-4-9(8-12(11)15)13(18)16(6-7-17)10-2-1-3-10/h4-5,8,10,17H,1-3,6-7,15H2. The summed E-state index contributed by atoms with van der Waals surface area (Å²) in [6.45, 7) is 0.383. The third kappa shape index (κ3) is 2.67. The van der Waals surface area contributed by atoms with Crippen LogP contribution in [0.15, 0.2) is 22.7 Å². The van der Waals surface area contributed by atoms with Crippen molar-refractivity contribution in [2.24, 2.45) is 0 Å². The van der Waals surface area contributed by atoms with Gasteiger partial charge in [0.15, 0.2) is 0 Å². The fourth-order valence-corrected chi connectivity index (χ4v) is 2.35. The molecule has 0 aromatic heterocycles. The first-order valence-corrected chi connectivity index (χ1v) is 6.89. The Morgan fingerprint density at radius 1 is 1.50 bits per heavy atom. The van der Waals surface area contributed by atoms with Crippen LogP contribution in [0.3, 0.4) is 0 Å². The molecule has 0 radical (unpaired) electrons. The van der Waals surface area contributed by atoms with Crippen molar-refractivity contribution >= 4 is 27.5 Å². The number of halogens is 1. The van der Waals surface area contributed by atoms with Crippen molar-refractivity contribution in [2.45, 2.75) is 25.3 Å². The van der Waals surface area contributed by atoms with E-state index in [-0.39, 0.29) is 18.6 Å². The predicted octanol–water partition coefficient (Wildman–Crippen LogP) is 2.02. The van der Waals surface area contributed by atoms with E-state index in [0.717, 1.165) is 23.7 Å². The van der Waals surface area contributed by atoms with E-state index in [2.05, 4.69) is 15.9 Å². The van der Waals surface area contributed by atoms with Gasteiger partial charge in [-0.05, 0) is 53.4 Å². The number of nitrogens with zero attached hydrogens (tertiary/aromatic N) is 1. The summed E-state index contributed by atoms with van der Waals surface area (Å²) in [4.78, 5) is 14.1. The first-order valence-electron chi connectivity index (χ1n) is 6.10. The van der Waals surface area contributed by atoms with Crippen LogP contribution >= 0.6 is 15.9 Å². The molecule has 0 saturated heterocycles. The zero-order chi connectivity index (χ0) is 13.1. The molecule has 18 heavy (non-hydrogen) atoms. The van der Waals surface area contributed by atoms with Crippen LogP contribution in [0.25, 0.3) is 0 Å². The summed E-state index contributed by atoms with van der Waals surface area (Å²) in [5, 5.41) is 9.07. The van der Waals surface area contributed by atoms with Crippen LogP contribution in [0.5, 0.6) is 0 Å². The second-order valence-corrected chi connectivity index (χ2v) is 5.40. The Bertz CT molecular complexity index is 447. The molecule has 0 spiro atoms. The number of hydrogen-bond acceptors (Lipinski definition) is 3. The molecule has 1 aliphatic carbocycles. The number of hydrogen-bond donors (Lipinski definition) is 2. The highest BCUT2D eigenvalue weighted by atomic mass is 79.9. The summed E-state index contributed by atoms with van der Waals surface area (Å²) in [5.41, 5.74) is 6.92. The van der Waals surface area contributed by atoms with Crippen molar-refractivity contribution in [2.75, 3.05) is 18.9 Å². The van der Waals surface area contributed by atoms with E-state index in [1.165, 1.54) is 0 Å². The third-order valence-electron chi connectivity index (χ3n) is 3.36. The summed E-state index contributed by atoms with van der Waals surface area (Å²) < 4.78 is 0.788. The fourth-order valence-electron chi connectivity index (χ4n) is 2.10. The summed E-state index contributed by atoms with van der Waals surface area (Å²) in [7, 11) is 0. The average Bonchev–Trinajstić information content (AvgIpc) is 2.29. The van der Waals surface area contributed by atoms with Crippen LogP contribution in [0.4, 0.5) is 5.69 Å². The Balaban J connectivity index is 2.18. The molecule has 0 heterocycles. The largest absolute Gasteiger partial charge is 0.398 e. The highest BCUT2D eigenvalue weighted by Gasteiger charge is 2.29. The average molecular weight is 313 g/mol. The SMILES string of the molecule is Nc1cc(C(=O)N(CCO)C2CCC2)ccc1Br. The Kier molecular flexibility index (Phi) is 4.24. The topological polar surface area (TPSA) is 66.6 Å². The van der Waals surface area contributed by atoms with Gasteiger partial charge in [-0.25, -0.2) is 0 Å². The Morgan fingerprint density at radius 3 is 2.72 bits per heavy atom. The third-order valence-corrected chi connectivity index (χ3v) is 4.08. The van der Waals surface area contributed by atoms with Gasteiger partial charge in [-0.15, -0.1) is 0 Å². The second-order valence-electron chi connectivity index (χ2n) is 4.54. The second kappa shape index (κ2) is 5.71. The monoisotopic (exact) mass is 312 g/mol. The van der Waals surface area contributed by atoms with Gasteiger partial charge in [-0.3, -0.25) is 4.79 Å². The molecule has 2 rings (SSSR count). The zero-order valence-corrected chi connectivity index (χ0v) is 11.7. The van der Waals surface area contributed by atoms with Gasteiger partial charge in [0.2, 0.25) is 0 Å². The van der Waals surface area contributed by atoms with Crippen LogP contribution in [-0.4, -0.2) is 35.1 Å². The minimum Gasteiger partial charge on any atom is -0.398 e. The molecule has 98 valence electrons. The van der Waals surface area contributed by atoms with Gasteiger partial charge in [-0.2, -0.15) is 0 Å². The number of benzene rings is 1. The lowest BCUT2D eigenvalue weighted by molar-refractivity contribution is 0.0526. The zero-order valence-electron chi connectivity index (χ0n) is 10.1. The number of aliphatic hydroxyl groups is 1. The van der Waals surface area contributed by atoms with Crippen molar-refractivity contribution < 1.29 is 9.90 Å². The molecule has 0 bridgehead atoms. The maximum Gasteiger partial charge on any atom is 0.254 e. The van der Waals surface area contributed by atoms with E-state index in [1.54, 1.807) is 23.1 Å². The van der Waals surface area contributed by atoms with Crippen molar-refractivity contribution in [3.05, 3.63) is 28.2 Å². The molecule has 1 aromatic rings. The molecule has 5 heteroatoms.